The van der Waals surface area contributed by atoms with Gasteiger partial charge in [0.25, 0.3) is 0 Å². The Kier molecular flexibility index (Phi) is 2.28. The zero-order valence-corrected chi connectivity index (χ0v) is 6.67. The van der Waals surface area contributed by atoms with Gasteiger partial charge in [0.15, 0.2) is 0 Å². The van der Waals surface area contributed by atoms with Gasteiger partial charge in [0.2, 0.25) is 0 Å². The summed E-state index contributed by atoms with van der Waals surface area (Å²) >= 11 is 0. The molecule has 0 amide bonds. The summed E-state index contributed by atoms with van der Waals surface area (Å²) in [5, 5.41) is 0. The van der Waals surface area contributed by atoms with E-state index in [9.17, 15) is 0 Å². The third-order valence-corrected chi connectivity index (χ3v) is 1.80. The van der Waals surface area contributed by atoms with Crippen molar-refractivity contribution in [3.05, 3.63) is 30.7 Å². The lowest BCUT2D eigenvalue weighted by Gasteiger charge is -2.23. The number of allylic oxidation sites excluding steroid dienone is 2. The first-order valence-electron chi connectivity index (χ1n) is 3.56. The van der Waals surface area contributed by atoms with Crippen LogP contribution < -0.4 is 0 Å². The van der Waals surface area contributed by atoms with Gasteiger partial charge in [-0.3, -0.25) is 0 Å². The first-order valence-corrected chi connectivity index (χ1v) is 3.56. The van der Waals surface area contributed by atoms with Crippen LogP contribution in [0.3, 0.4) is 0 Å². The fourth-order valence-electron chi connectivity index (χ4n) is 1.08. The minimum Gasteiger partial charge on any atom is -0.303 e. The minimum absolute atomic E-state index is 0.553. The van der Waals surface area contributed by atoms with Gasteiger partial charge in [-0.25, -0.2) is 0 Å². The molecule has 1 heteroatoms. The van der Waals surface area contributed by atoms with E-state index in [4.69, 9.17) is 0 Å². The van der Waals surface area contributed by atoms with Crippen molar-refractivity contribution in [2.24, 2.45) is 0 Å². The fourth-order valence-corrected chi connectivity index (χ4v) is 1.08. The van der Waals surface area contributed by atoms with Crippen LogP contribution in [0.15, 0.2) is 23.8 Å². The molecule has 0 heterocycles. The quantitative estimate of drug-likeness (QED) is 0.529. The lowest BCUT2D eigenvalue weighted by molar-refractivity contribution is 0.340. The molecule has 1 aliphatic carbocycles. The molecule has 0 aromatic carbocycles. The molecule has 0 saturated carbocycles. The van der Waals surface area contributed by atoms with E-state index < -0.39 is 0 Å². The Morgan fingerprint density at radius 2 is 2.30 bits per heavy atom. The van der Waals surface area contributed by atoms with E-state index in [1.54, 1.807) is 0 Å². The number of likely N-dealkylation sites (N-methyl/N-ethyl adjacent to an activating group) is 1. The van der Waals surface area contributed by atoms with E-state index in [0.717, 1.165) is 6.42 Å². The van der Waals surface area contributed by atoms with Crippen LogP contribution in [0.5, 0.6) is 0 Å². The highest BCUT2D eigenvalue weighted by Crippen LogP contribution is 2.14. The highest BCUT2D eigenvalue weighted by atomic mass is 15.1. The van der Waals surface area contributed by atoms with E-state index in [2.05, 4.69) is 44.1 Å². The summed E-state index contributed by atoms with van der Waals surface area (Å²) in [5.74, 6) is 0. The molecule has 0 bridgehead atoms. The normalized spacial score (nSPS) is 25.2. The van der Waals surface area contributed by atoms with Crippen LogP contribution in [0.1, 0.15) is 6.42 Å². The Morgan fingerprint density at radius 3 is 2.70 bits per heavy atom. The van der Waals surface area contributed by atoms with Crippen LogP contribution in [-0.2, 0) is 0 Å². The van der Waals surface area contributed by atoms with E-state index in [-0.39, 0.29) is 0 Å². The maximum absolute atomic E-state index is 3.91. The second-order valence-electron chi connectivity index (χ2n) is 2.94. The largest absolute Gasteiger partial charge is 0.303 e. The molecule has 1 radical (unpaired) electrons. The van der Waals surface area contributed by atoms with E-state index >= 15 is 0 Å². The van der Waals surface area contributed by atoms with Gasteiger partial charge in [0.05, 0.1) is 0 Å². The molecule has 55 valence electrons. The molecule has 0 aliphatic heterocycles. The van der Waals surface area contributed by atoms with Crippen LogP contribution in [-0.4, -0.2) is 25.0 Å². The van der Waals surface area contributed by atoms with Crippen LogP contribution in [0.2, 0.25) is 0 Å². The third kappa shape index (κ3) is 1.71. The van der Waals surface area contributed by atoms with Gasteiger partial charge in [0.1, 0.15) is 0 Å². The predicted octanol–water partition coefficient (Wildman–Crippen LogP) is 1.64. The van der Waals surface area contributed by atoms with Crippen molar-refractivity contribution in [3.63, 3.8) is 0 Å². The summed E-state index contributed by atoms with van der Waals surface area (Å²) < 4.78 is 0. The first-order chi connectivity index (χ1) is 4.70. The van der Waals surface area contributed by atoms with Crippen molar-refractivity contribution in [2.75, 3.05) is 14.1 Å². The van der Waals surface area contributed by atoms with Gasteiger partial charge in [-0.2, -0.15) is 0 Å². The van der Waals surface area contributed by atoms with Gasteiger partial charge in [-0.15, -0.1) is 0 Å². The Labute approximate surface area is 63.0 Å². The molecule has 0 spiro atoms. The fraction of sp³-hybridized carbons (Fsp3) is 0.444. The van der Waals surface area contributed by atoms with Gasteiger partial charge < -0.3 is 4.90 Å². The van der Waals surface area contributed by atoms with Gasteiger partial charge >= 0.3 is 0 Å². The van der Waals surface area contributed by atoms with Crippen molar-refractivity contribution in [2.45, 2.75) is 12.5 Å². The maximum Gasteiger partial charge on any atom is 0.0312 e. The summed E-state index contributed by atoms with van der Waals surface area (Å²) in [5.41, 5.74) is 1.22. The molecular formula is C9H14N. The second kappa shape index (κ2) is 3.02. The van der Waals surface area contributed by atoms with Crippen molar-refractivity contribution >= 4 is 0 Å². The molecule has 1 nitrogen and oxygen atoms in total. The molecule has 1 unspecified atom stereocenters. The first kappa shape index (κ1) is 7.55. The van der Waals surface area contributed by atoms with Crippen molar-refractivity contribution in [3.8, 4) is 0 Å². The summed E-state index contributed by atoms with van der Waals surface area (Å²) in [4.78, 5) is 2.20. The molecule has 0 fully saturated rings. The van der Waals surface area contributed by atoms with Gasteiger partial charge in [-0.05, 0) is 27.4 Å². The monoisotopic (exact) mass is 136 g/mol. The Balaban J connectivity index is 2.55. The third-order valence-electron chi connectivity index (χ3n) is 1.80. The number of hydrogen-bond donors (Lipinski definition) is 0. The molecule has 0 aromatic heterocycles. The highest BCUT2D eigenvalue weighted by Gasteiger charge is 2.09. The highest BCUT2D eigenvalue weighted by molar-refractivity contribution is 5.23. The Morgan fingerprint density at radius 1 is 1.60 bits per heavy atom. The number of nitrogens with zero attached hydrogens (tertiary/aromatic N) is 1. The van der Waals surface area contributed by atoms with Crippen LogP contribution in [0, 0.1) is 6.92 Å². The average molecular weight is 136 g/mol. The summed E-state index contributed by atoms with van der Waals surface area (Å²) in [7, 11) is 4.18. The standard InChI is InChI=1S/C9H14N/c1-8-5-4-6-9(7-8)10(2)3/h4-6,9H,1,7H2,2-3H3. The average Bonchev–Trinajstić information content (AvgIpc) is 1.88. The number of hydrogen-bond acceptors (Lipinski definition) is 1. The summed E-state index contributed by atoms with van der Waals surface area (Å²) in [6.45, 7) is 3.91. The summed E-state index contributed by atoms with van der Waals surface area (Å²) in [6.07, 6.45) is 7.43. The minimum atomic E-state index is 0.553. The summed E-state index contributed by atoms with van der Waals surface area (Å²) in [6, 6.07) is 0.553. The Bertz CT molecular complexity index is 166. The van der Waals surface area contributed by atoms with Crippen LogP contribution in [0.4, 0.5) is 0 Å². The van der Waals surface area contributed by atoms with E-state index in [1.165, 1.54) is 5.57 Å². The molecule has 0 N–H and O–H groups in total. The van der Waals surface area contributed by atoms with E-state index in [0.29, 0.717) is 6.04 Å². The Hall–Kier alpha value is -0.560. The maximum atomic E-state index is 3.91. The van der Waals surface area contributed by atoms with Crippen molar-refractivity contribution in [1.29, 1.82) is 0 Å². The van der Waals surface area contributed by atoms with Crippen molar-refractivity contribution < 1.29 is 0 Å². The zero-order chi connectivity index (χ0) is 7.56. The lowest BCUT2D eigenvalue weighted by atomic mass is 10.0. The molecule has 1 aliphatic rings. The van der Waals surface area contributed by atoms with E-state index in [1.807, 2.05) is 0 Å². The molecule has 1 atom stereocenters. The molecule has 1 rings (SSSR count). The van der Waals surface area contributed by atoms with Gasteiger partial charge in [-0.1, -0.05) is 23.8 Å². The predicted molar refractivity (Wildman–Crippen MR) is 44.7 cm³/mol. The molecule has 0 saturated heterocycles. The van der Waals surface area contributed by atoms with Crippen LogP contribution in [0.25, 0.3) is 0 Å². The zero-order valence-electron chi connectivity index (χ0n) is 6.67. The lowest BCUT2D eigenvalue weighted by Crippen LogP contribution is -2.26. The molecule has 10 heavy (non-hydrogen) atoms. The molecule has 0 aromatic rings. The number of rotatable bonds is 1. The molecular weight excluding hydrogens is 122 g/mol. The van der Waals surface area contributed by atoms with Crippen molar-refractivity contribution in [1.82, 2.24) is 4.90 Å². The topological polar surface area (TPSA) is 3.24 Å². The van der Waals surface area contributed by atoms with Gasteiger partial charge in [0, 0.05) is 6.04 Å². The second-order valence-corrected chi connectivity index (χ2v) is 2.94. The smallest absolute Gasteiger partial charge is 0.0312 e. The van der Waals surface area contributed by atoms with Crippen LogP contribution >= 0.6 is 0 Å². The SMILES string of the molecule is [CH2]C1=CC=CC(N(C)C)C1.